The van der Waals surface area contributed by atoms with Gasteiger partial charge in [-0.25, -0.2) is 8.78 Å². The molecule has 7 heteroatoms. The molecule has 3 N–H and O–H groups in total. The minimum atomic E-state index is -1.12. The van der Waals surface area contributed by atoms with E-state index in [2.05, 4.69) is 15.9 Å². The van der Waals surface area contributed by atoms with E-state index in [1.165, 1.54) is 7.11 Å². The molecule has 4 nitrogen and oxygen atoms in total. The fraction of sp³-hybridized carbons (Fsp3) is 0.364. The van der Waals surface area contributed by atoms with Crippen molar-refractivity contribution >= 4 is 21.9 Å². The Morgan fingerprint density at radius 3 is 2.72 bits per heavy atom. The van der Waals surface area contributed by atoms with Crippen LogP contribution >= 0.6 is 15.9 Å². The summed E-state index contributed by atoms with van der Waals surface area (Å²) in [6, 6.07) is -0.0234. The number of carboxylic acids is 1. The quantitative estimate of drug-likeness (QED) is 0.817. The van der Waals surface area contributed by atoms with Crippen LogP contribution in [0.4, 0.5) is 8.78 Å². The molecular weight excluding hydrogens is 312 g/mol. The molecule has 0 aliphatic carbocycles. The lowest BCUT2D eigenvalue weighted by Gasteiger charge is -2.17. The molecule has 1 aromatic rings. The minimum Gasteiger partial charge on any atom is -0.495 e. The summed E-state index contributed by atoms with van der Waals surface area (Å²) in [7, 11) is 1.30. The van der Waals surface area contributed by atoms with Crippen LogP contribution in [0.25, 0.3) is 0 Å². The van der Waals surface area contributed by atoms with E-state index in [4.69, 9.17) is 15.6 Å². The van der Waals surface area contributed by atoms with Gasteiger partial charge in [0.05, 0.1) is 17.1 Å². The van der Waals surface area contributed by atoms with Crippen molar-refractivity contribution in [1.29, 1.82) is 0 Å². The van der Waals surface area contributed by atoms with Gasteiger partial charge in [-0.3, -0.25) is 4.79 Å². The first-order valence-corrected chi connectivity index (χ1v) is 5.86. The van der Waals surface area contributed by atoms with Crippen molar-refractivity contribution < 1.29 is 23.4 Å². The average molecular weight is 324 g/mol. The highest BCUT2D eigenvalue weighted by molar-refractivity contribution is 9.10. The Hall–Kier alpha value is -1.21. The monoisotopic (exact) mass is 323 g/mol. The summed E-state index contributed by atoms with van der Waals surface area (Å²) in [5, 5.41) is 8.55. The van der Waals surface area contributed by atoms with Gasteiger partial charge in [0.15, 0.2) is 11.6 Å². The van der Waals surface area contributed by atoms with Crippen molar-refractivity contribution in [1.82, 2.24) is 0 Å². The predicted molar refractivity (Wildman–Crippen MR) is 64.4 cm³/mol. The molecule has 0 aliphatic rings. The van der Waals surface area contributed by atoms with Gasteiger partial charge in [-0.1, -0.05) is 0 Å². The van der Waals surface area contributed by atoms with Crippen LogP contribution in [0.2, 0.25) is 0 Å². The summed E-state index contributed by atoms with van der Waals surface area (Å²) < 4.78 is 32.2. The molecule has 0 amide bonds. The molecule has 1 atom stereocenters. The molecule has 0 fully saturated rings. The van der Waals surface area contributed by atoms with E-state index in [1.807, 2.05) is 0 Å². The molecule has 0 bridgehead atoms. The molecule has 0 heterocycles. The van der Waals surface area contributed by atoms with E-state index in [0.29, 0.717) is 0 Å². The number of ether oxygens (including phenoxy) is 1. The molecule has 1 aromatic carbocycles. The third kappa shape index (κ3) is 3.17. The van der Waals surface area contributed by atoms with Gasteiger partial charge in [0.2, 0.25) is 0 Å². The largest absolute Gasteiger partial charge is 0.495 e. The number of hydrogen-bond donors (Lipinski definition) is 2. The molecule has 18 heavy (non-hydrogen) atoms. The Morgan fingerprint density at radius 2 is 2.22 bits per heavy atom. The van der Waals surface area contributed by atoms with Gasteiger partial charge in [-0.05, 0) is 28.4 Å². The van der Waals surface area contributed by atoms with Crippen LogP contribution in [-0.4, -0.2) is 18.2 Å². The number of benzene rings is 1. The molecule has 0 saturated carbocycles. The van der Waals surface area contributed by atoms with Crippen molar-refractivity contribution in [2.75, 3.05) is 7.11 Å². The zero-order valence-corrected chi connectivity index (χ0v) is 11.1. The Bertz CT molecular complexity index is 468. The van der Waals surface area contributed by atoms with Crippen LogP contribution in [0.15, 0.2) is 10.5 Å². The van der Waals surface area contributed by atoms with Crippen LogP contribution in [0.1, 0.15) is 24.4 Å². The number of methoxy groups -OCH3 is 1. The van der Waals surface area contributed by atoms with Gasteiger partial charge in [0.25, 0.3) is 0 Å². The first kappa shape index (κ1) is 14.8. The summed E-state index contributed by atoms with van der Waals surface area (Å²) in [5.41, 5.74) is 5.53. The Kier molecular flexibility index (Phi) is 5.03. The highest BCUT2D eigenvalue weighted by atomic mass is 79.9. The number of rotatable bonds is 5. The molecular formula is C11H12BrF2NO3. The zero-order chi connectivity index (χ0) is 13.9. The Morgan fingerprint density at radius 1 is 1.61 bits per heavy atom. The van der Waals surface area contributed by atoms with Crippen LogP contribution in [0.3, 0.4) is 0 Å². The summed E-state index contributed by atoms with van der Waals surface area (Å²) in [6.45, 7) is 0. The number of hydrogen-bond acceptors (Lipinski definition) is 3. The number of nitrogens with two attached hydrogens (primary N) is 1. The Labute approximate surface area is 111 Å². The molecule has 1 unspecified atom stereocenters. The maximum atomic E-state index is 13.7. The molecule has 0 aromatic heterocycles. The molecule has 0 aliphatic heterocycles. The lowest BCUT2D eigenvalue weighted by molar-refractivity contribution is -0.137. The van der Waals surface area contributed by atoms with Crippen LogP contribution in [-0.2, 0) is 4.79 Å². The van der Waals surface area contributed by atoms with Crippen molar-refractivity contribution in [3.63, 3.8) is 0 Å². The second-order valence-electron chi connectivity index (χ2n) is 3.64. The number of aliphatic carboxylic acids is 1. The maximum Gasteiger partial charge on any atom is 0.303 e. The second-order valence-corrected chi connectivity index (χ2v) is 4.49. The van der Waals surface area contributed by atoms with Gasteiger partial charge in [0, 0.05) is 12.5 Å². The van der Waals surface area contributed by atoms with Gasteiger partial charge in [-0.2, -0.15) is 0 Å². The van der Waals surface area contributed by atoms with Crippen molar-refractivity contribution in [3.05, 3.63) is 27.7 Å². The normalized spacial score (nSPS) is 12.3. The zero-order valence-electron chi connectivity index (χ0n) is 9.54. The SMILES string of the molecule is COc1c(Br)cc(F)c(F)c1C(N)CCC(=O)O. The van der Waals surface area contributed by atoms with Crippen molar-refractivity contribution in [2.24, 2.45) is 5.73 Å². The highest BCUT2D eigenvalue weighted by Crippen LogP contribution is 2.37. The topological polar surface area (TPSA) is 72.5 Å². The van der Waals surface area contributed by atoms with Crippen molar-refractivity contribution in [2.45, 2.75) is 18.9 Å². The fourth-order valence-electron chi connectivity index (χ4n) is 1.56. The predicted octanol–water partition coefficient (Wildman–Crippen LogP) is 2.60. The van der Waals surface area contributed by atoms with E-state index < -0.39 is 23.6 Å². The van der Waals surface area contributed by atoms with Crippen LogP contribution in [0, 0.1) is 11.6 Å². The molecule has 0 radical (unpaired) electrons. The summed E-state index contributed by atoms with van der Waals surface area (Å²) >= 11 is 3.04. The fourth-order valence-corrected chi connectivity index (χ4v) is 2.14. The Balaban J connectivity index is 3.16. The van der Waals surface area contributed by atoms with Crippen LogP contribution in [0.5, 0.6) is 5.75 Å². The van der Waals surface area contributed by atoms with E-state index in [-0.39, 0.29) is 28.6 Å². The standard InChI is InChI=1S/C11H12BrF2NO3/c1-18-11-5(12)4-6(13)10(14)9(11)7(15)2-3-8(16)17/h4,7H,2-3,15H2,1H3,(H,16,17). The average Bonchev–Trinajstić information content (AvgIpc) is 2.30. The first-order valence-electron chi connectivity index (χ1n) is 5.07. The number of carboxylic acid groups (broad SMARTS) is 1. The highest BCUT2D eigenvalue weighted by Gasteiger charge is 2.23. The van der Waals surface area contributed by atoms with E-state index in [1.54, 1.807) is 0 Å². The van der Waals surface area contributed by atoms with E-state index >= 15 is 0 Å². The van der Waals surface area contributed by atoms with Gasteiger partial charge in [-0.15, -0.1) is 0 Å². The minimum absolute atomic E-state index is 0.0154. The van der Waals surface area contributed by atoms with Gasteiger partial charge < -0.3 is 15.6 Å². The lowest BCUT2D eigenvalue weighted by Crippen LogP contribution is -2.16. The summed E-state index contributed by atoms with van der Waals surface area (Å²) in [5.74, 6) is -3.16. The second kappa shape index (κ2) is 6.10. The van der Waals surface area contributed by atoms with E-state index in [0.717, 1.165) is 6.07 Å². The van der Waals surface area contributed by atoms with Crippen LogP contribution < -0.4 is 10.5 Å². The number of carbonyl (C=O) groups is 1. The molecule has 0 spiro atoms. The third-order valence-electron chi connectivity index (χ3n) is 2.41. The smallest absolute Gasteiger partial charge is 0.303 e. The summed E-state index contributed by atoms with van der Waals surface area (Å²) in [6.07, 6.45) is -0.254. The first-order chi connectivity index (χ1) is 8.38. The molecule has 100 valence electrons. The van der Waals surface area contributed by atoms with E-state index in [9.17, 15) is 13.6 Å². The maximum absolute atomic E-state index is 13.7. The van der Waals surface area contributed by atoms with Crippen molar-refractivity contribution in [3.8, 4) is 5.75 Å². The van der Waals surface area contributed by atoms with Gasteiger partial charge >= 0.3 is 5.97 Å². The number of halogens is 3. The third-order valence-corrected chi connectivity index (χ3v) is 2.99. The summed E-state index contributed by atoms with van der Waals surface area (Å²) in [4.78, 5) is 10.4. The lowest BCUT2D eigenvalue weighted by atomic mass is 10.0. The molecule has 0 saturated heterocycles. The molecule has 1 rings (SSSR count). The van der Waals surface area contributed by atoms with Gasteiger partial charge in [0.1, 0.15) is 5.75 Å².